The van der Waals surface area contributed by atoms with Crippen molar-refractivity contribution in [3.8, 4) is 0 Å². The largest absolute Gasteiger partial charge is 0.398 e. The molecule has 19 heavy (non-hydrogen) atoms. The number of aliphatic hydroxyl groups excluding tert-OH is 1. The fourth-order valence-electron chi connectivity index (χ4n) is 2.48. The number of hydrogen-bond acceptors (Lipinski definition) is 5. The molecule has 0 atom stereocenters. The number of aromatic nitrogens is 1. The van der Waals surface area contributed by atoms with Crippen LogP contribution in [0.4, 0.5) is 5.69 Å². The number of rotatable bonds is 4. The summed E-state index contributed by atoms with van der Waals surface area (Å²) < 4.78 is 0. The SMILES string of the molecule is Cc1cnc(CN2CCN(CCO)CC2)c(C)c1N. The number of pyridine rings is 1. The second-order valence-electron chi connectivity index (χ2n) is 5.27. The van der Waals surface area contributed by atoms with Crippen molar-refractivity contribution in [2.75, 3.05) is 45.1 Å². The Labute approximate surface area is 115 Å². The van der Waals surface area contributed by atoms with E-state index < -0.39 is 0 Å². The van der Waals surface area contributed by atoms with Gasteiger partial charge in [0.2, 0.25) is 0 Å². The summed E-state index contributed by atoms with van der Waals surface area (Å²) in [6.45, 7) is 10.0. The molecule has 0 amide bonds. The van der Waals surface area contributed by atoms with Gasteiger partial charge in [-0.3, -0.25) is 14.8 Å². The molecule has 0 bridgehead atoms. The van der Waals surface area contributed by atoms with Gasteiger partial charge in [0.25, 0.3) is 0 Å². The Morgan fingerprint density at radius 1 is 1.21 bits per heavy atom. The van der Waals surface area contributed by atoms with E-state index in [1.165, 1.54) is 0 Å². The number of β-amino-alcohol motifs (C(OH)–C–C–N with tert-alkyl or cyclic N) is 1. The van der Waals surface area contributed by atoms with Gasteiger partial charge < -0.3 is 10.8 Å². The summed E-state index contributed by atoms with van der Waals surface area (Å²) in [5.41, 5.74) is 10.2. The predicted molar refractivity (Wildman–Crippen MR) is 76.9 cm³/mol. The maximum absolute atomic E-state index is 8.93. The molecule has 1 aromatic rings. The van der Waals surface area contributed by atoms with Gasteiger partial charge in [0.1, 0.15) is 0 Å². The Kier molecular flexibility index (Phi) is 4.74. The number of piperazine rings is 1. The van der Waals surface area contributed by atoms with E-state index >= 15 is 0 Å². The molecular weight excluding hydrogens is 240 g/mol. The van der Waals surface area contributed by atoms with Crippen LogP contribution in [0.15, 0.2) is 6.20 Å². The number of aryl methyl sites for hydroxylation is 1. The highest BCUT2D eigenvalue weighted by molar-refractivity contribution is 5.53. The van der Waals surface area contributed by atoms with Crippen LogP contribution >= 0.6 is 0 Å². The van der Waals surface area contributed by atoms with Gasteiger partial charge in [0.05, 0.1) is 12.3 Å². The molecule has 2 rings (SSSR count). The first-order valence-corrected chi connectivity index (χ1v) is 6.88. The highest BCUT2D eigenvalue weighted by atomic mass is 16.3. The molecule has 0 unspecified atom stereocenters. The molecule has 2 heterocycles. The first-order valence-electron chi connectivity index (χ1n) is 6.88. The Balaban J connectivity index is 1.94. The van der Waals surface area contributed by atoms with Crippen molar-refractivity contribution in [3.63, 3.8) is 0 Å². The van der Waals surface area contributed by atoms with Gasteiger partial charge in [-0.15, -0.1) is 0 Å². The lowest BCUT2D eigenvalue weighted by Gasteiger charge is -2.34. The monoisotopic (exact) mass is 264 g/mol. The van der Waals surface area contributed by atoms with Crippen molar-refractivity contribution < 1.29 is 5.11 Å². The van der Waals surface area contributed by atoms with Crippen molar-refractivity contribution in [2.45, 2.75) is 20.4 Å². The van der Waals surface area contributed by atoms with Crippen LogP contribution in [0.2, 0.25) is 0 Å². The Hall–Kier alpha value is -1.17. The fourth-order valence-corrected chi connectivity index (χ4v) is 2.48. The lowest BCUT2D eigenvalue weighted by molar-refractivity contribution is 0.107. The highest BCUT2D eigenvalue weighted by Crippen LogP contribution is 2.19. The van der Waals surface area contributed by atoms with Crippen molar-refractivity contribution >= 4 is 5.69 Å². The molecule has 5 heteroatoms. The van der Waals surface area contributed by atoms with Crippen LogP contribution < -0.4 is 5.73 Å². The molecule has 1 fully saturated rings. The number of aliphatic hydroxyl groups is 1. The van der Waals surface area contributed by atoms with Crippen LogP contribution in [0.3, 0.4) is 0 Å². The van der Waals surface area contributed by atoms with Crippen LogP contribution in [0, 0.1) is 13.8 Å². The number of nitrogens with two attached hydrogens (primary N) is 1. The van der Waals surface area contributed by atoms with Crippen LogP contribution in [-0.2, 0) is 6.54 Å². The summed E-state index contributed by atoms with van der Waals surface area (Å²) in [5.74, 6) is 0. The molecule has 0 radical (unpaired) electrons. The molecular formula is C14H24N4O. The maximum Gasteiger partial charge on any atom is 0.0593 e. The van der Waals surface area contributed by atoms with E-state index in [1.54, 1.807) is 0 Å². The van der Waals surface area contributed by atoms with E-state index in [1.807, 2.05) is 20.0 Å². The highest BCUT2D eigenvalue weighted by Gasteiger charge is 2.18. The molecule has 106 valence electrons. The molecule has 0 spiro atoms. The molecule has 3 N–H and O–H groups in total. The van der Waals surface area contributed by atoms with Gasteiger partial charge in [-0.05, 0) is 25.0 Å². The van der Waals surface area contributed by atoms with E-state index in [4.69, 9.17) is 10.8 Å². The summed E-state index contributed by atoms with van der Waals surface area (Å²) in [5, 5.41) is 8.93. The van der Waals surface area contributed by atoms with Crippen molar-refractivity contribution in [2.24, 2.45) is 0 Å². The Morgan fingerprint density at radius 3 is 2.47 bits per heavy atom. The van der Waals surface area contributed by atoms with Crippen LogP contribution in [0.5, 0.6) is 0 Å². The summed E-state index contributed by atoms with van der Waals surface area (Å²) in [7, 11) is 0. The van der Waals surface area contributed by atoms with Gasteiger partial charge in [-0.25, -0.2) is 0 Å². The molecule has 1 aliphatic heterocycles. The molecule has 1 aromatic heterocycles. The molecule has 0 saturated carbocycles. The topological polar surface area (TPSA) is 65.6 Å². The lowest BCUT2D eigenvalue weighted by Crippen LogP contribution is -2.46. The van der Waals surface area contributed by atoms with Gasteiger partial charge in [0.15, 0.2) is 0 Å². The van der Waals surface area contributed by atoms with Gasteiger partial charge >= 0.3 is 0 Å². The summed E-state index contributed by atoms with van der Waals surface area (Å²) in [6.07, 6.45) is 1.86. The Morgan fingerprint density at radius 2 is 1.84 bits per heavy atom. The number of hydrogen-bond donors (Lipinski definition) is 2. The van der Waals surface area contributed by atoms with Crippen molar-refractivity contribution in [1.82, 2.24) is 14.8 Å². The predicted octanol–water partition coefficient (Wildman–Crippen LogP) is 0.391. The second-order valence-corrected chi connectivity index (χ2v) is 5.27. The minimum absolute atomic E-state index is 0.245. The average molecular weight is 264 g/mol. The van der Waals surface area contributed by atoms with E-state index in [0.717, 1.165) is 61.8 Å². The normalized spacial score (nSPS) is 17.8. The van der Waals surface area contributed by atoms with Crippen molar-refractivity contribution in [1.29, 1.82) is 0 Å². The third kappa shape index (κ3) is 3.43. The van der Waals surface area contributed by atoms with Crippen molar-refractivity contribution in [3.05, 3.63) is 23.0 Å². The van der Waals surface area contributed by atoms with Crippen LogP contribution in [-0.4, -0.2) is 59.2 Å². The Bertz CT molecular complexity index is 428. The second kappa shape index (κ2) is 6.32. The van der Waals surface area contributed by atoms with Crippen LogP contribution in [0.1, 0.15) is 16.8 Å². The maximum atomic E-state index is 8.93. The average Bonchev–Trinajstić information content (AvgIpc) is 2.42. The molecule has 1 saturated heterocycles. The third-order valence-electron chi connectivity index (χ3n) is 3.93. The van der Waals surface area contributed by atoms with E-state index in [2.05, 4.69) is 14.8 Å². The zero-order valence-electron chi connectivity index (χ0n) is 11.9. The number of anilines is 1. The summed E-state index contributed by atoms with van der Waals surface area (Å²) >= 11 is 0. The molecule has 0 aliphatic carbocycles. The zero-order valence-corrected chi connectivity index (χ0v) is 11.9. The molecule has 0 aromatic carbocycles. The lowest BCUT2D eigenvalue weighted by atomic mass is 10.1. The first-order chi connectivity index (χ1) is 9.11. The van der Waals surface area contributed by atoms with Crippen LogP contribution in [0.25, 0.3) is 0 Å². The van der Waals surface area contributed by atoms with Gasteiger partial charge in [-0.2, -0.15) is 0 Å². The fraction of sp³-hybridized carbons (Fsp3) is 0.643. The zero-order chi connectivity index (χ0) is 13.8. The van der Waals surface area contributed by atoms with E-state index in [0.29, 0.717) is 0 Å². The minimum Gasteiger partial charge on any atom is -0.398 e. The van der Waals surface area contributed by atoms with Gasteiger partial charge in [0, 0.05) is 51.2 Å². The third-order valence-corrected chi connectivity index (χ3v) is 3.93. The molecule has 5 nitrogen and oxygen atoms in total. The first kappa shape index (κ1) is 14.2. The summed E-state index contributed by atoms with van der Waals surface area (Å²) in [4.78, 5) is 9.21. The van der Waals surface area contributed by atoms with Gasteiger partial charge in [-0.1, -0.05) is 0 Å². The minimum atomic E-state index is 0.245. The standard InChI is InChI=1S/C14H24N4O/c1-11-9-16-13(12(2)14(11)15)10-18-5-3-17(4-6-18)7-8-19/h9,19H,3-8,10H2,1-2H3,(H2,15,16). The summed E-state index contributed by atoms with van der Waals surface area (Å²) in [6, 6.07) is 0. The van der Waals surface area contributed by atoms with E-state index in [-0.39, 0.29) is 6.61 Å². The quantitative estimate of drug-likeness (QED) is 0.823. The number of nitrogens with zero attached hydrogens (tertiary/aromatic N) is 3. The van der Waals surface area contributed by atoms with E-state index in [9.17, 15) is 0 Å². The smallest absolute Gasteiger partial charge is 0.0593 e. The number of nitrogen functional groups attached to an aromatic ring is 1. The molecule has 1 aliphatic rings.